The summed E-state index contributed by atoms with van der Waals surface area (Å²) in [5, 5.41) is 10.6. The lowest BCUT2D eigenvalue weighted by Gasteiger charge is -2.46. The molecule has 0 saturated heterocycles. The van der Waals surface area contributed by atoms with Gasteiger partial charge in [-0.25, -0.2) is 0 Å². The second kappa shape index (κ2) is 4.42. The number of aliphatic hydroxyl groups excluding tert-OH is 1. The summed E-state index contributed by atoms with van der Waals surface area (Å²) in [5.41, 5.74) is 6.56. The van der Waals surface area contributed by atoms with Gasteiger partial charge in [-0.3, -0.25) is 0 Å². The number of ether oxygens (including phenoxy) is 1. The Kier molecular flexibility index (Phi) is 2.71. The van der Waals surface area contributed by atoms with Crippen LogP contribution in [0.1, 0.15) is 57.1 Å². The Balaban J connectivity index is 1.65. The second-order valence-corrected chi connectivity index (χ2v) is 8.17. The van der Waals surface area contributed by atoms with Crippen LogP contribution in [0.3, 0.4) is 0 Å². The van der Waals surface area contributed by atoms with Gasteiger partial charge in [-0.05, 0) is 80.2 Å². The van der Waals surface area contributed by atoms with Crippen molar-refractivity contribution in [1.29, 1.82) is 0 Å². The Morgan fingerprint density at radius 1 is 1.35 bits per heavy atom. The lowest BCUT2D eigenvalue weighted by molar-refractivity contribution is 0.0114. The molecule has 0 heterocycles. The Hall–Kier alpha value is -1.28. The van der Waals surface area contributed by atoms with Crippen LogP contribution in [0.5, 0.6) is 5.75 Å². The second-order valence-electron chi connectivity index (χ2n) is 8.17. The van der Waals surface area contributed by atoms with Crippen LogP contribution in [0.4, 0.5) is 0 Å². The Labute approximate surface area is 138 Å². The van der Waals surface area contributed by atoms with Crippen molar-refractivity contribution in [3.05, 3.63) is 34.9 Å². The van der Waals surface area contributed by atoms with Crippen molar-refractivity contribution in [2.45, 2.75) is 58.5 Å². The minimum absolute atomic E-state index is 0.0974. The molecule has 5 rings (SSSR count). The summed E-state index contributed by atoms with van der Waals surface area (Å²) >= 11 is 0. The molecule has 0 bridgehead atoms. The number of fused-ring (bicyclic) bond motifs is 2. The van der Waals surface area contributed by atoms with Gasteiger partial charge in [-0.15, -0.1) is 0 Å². The van der Waals surface area contributed by atoms with E-state index in [-0.39, 0.29) is 11.5 Å². The first-order valence-electron chi connectivity index (χ1n) is 9.18. The molecule has 1 spiro atoms. The standard InChI is InChI=1S/C21H25O2/c1-3-23-15-6-4-13-5-7-18-16(17(13)11-15)8-9-20(2)19(22)10-14-12-21(14,18)20/h4,11,14,19,22H,3,5,7-10,12H2,1-2H3/t14-,19-,20-,21+/m1/s1. The van der Waals surface area contributed by atoms with Gasteiger partial charge in [-0.1, -0.05) is 12.5 Å². The first-order chi connectivity index (χ1) is 11.1. The lowest BCUT2D eigenvalue weighted by Crippen LogP contribution is -2.41. The van der Waals surface area contributed by atoms with Crippen LogP contribution >= 0.6 is 0 Å². The minimum Gasteiger partial charge on any atom is -0.493 e. The summed E-state index contributed by atoms with van der Waals surface area (Å²) in [5.74, 6) is 1.61. The van der Waals surface area contributed by atoms with Gasteiger partial charge >= 0.3 is 0 Å². The molecule has 2 heteroatoms. The van der Waals surface area contributed by atoms with Gasteiger partial charge < -0.3 is 9.84 Å². The first kappa shape index (κ1) is 14.1. The maximum atomic E-state index is 10.6. The van der Waals surface area contributed by atoms with Crippen LogP contribution in [0.15, 0.2) is 17.7 Å². The number of aliphatic hydroxyl groups is 1. The number of benzene rings is 1. The zero-order valence-electron chi connectivity index (χ0n) is 14.1. The highest BCUT2D eigenvalue weighted by Crippen LogP contribution is 2.80. The summed E-state index contributed by atoms with van der Waals surface area (Å²) in [4.78, 5) is 0. The molecular weight excluding hydrogens is 284 g/mol. The molecule has 2 saturated carbocycles. The van der Waals surface area contributed by atoms with Crippen molar-refractivity contribution in [2.75, 3.05) is 6.61 Å². The van der Waals surface area contributed by atoms with E-state index in [4.69, 9.17) is 4.74 Å². The van der Waals surface area contributed by atoms with Gasteiger partial charge in [0, 0.05) is 16.9 Å². The summed E-state index contributed by atoms with van der Waals surface area (Å²) in [7, 11) is 0. The molecule has 4 atom stereocenters. The van der Waals surface area contributed by atoms with E-state index in [0.717, 1.165) is 37.4 Å². The maximum Gasteiger partial charge on any atom is 0.127 e. The molecule has 0 aromatic heterocycles. The van der Waals surface area contributed by atoms with E-state index >= 15 is 0 Å². The third-order valence-electron chi connectivity index (χ3n) is 7.44. The number of hydrogen-bond donors (Lipinski definition) is 1. The van der Waals surface area contributed by atoms with Gasteiger partial charge in [-0.2, -0.15) is 0 Å². The van der Waals surface area contributed by atoms with Crippen molar-refractivity contribution in [3.63, 3.8) is 0 Å². The molecule has 1 aromatic rings. The van der Waals surface area contributed by atoms with E-state index in [2.05, 4.69) is 25.1 Å². The number of allylic oxidation sites excluding steroid dienone is 2. The van der Waals surface area contributed by atoms with Crippen molar-refractivity contribution in [2.24, 2.45) is 16.7 Å². The molecule has 23 heavy (non-hydrogen) atoms. The van der Waals surface area contributed by atoms with Gasteiger partial charge in [0.25, 0.3) is 0 Å². The molecular formula is C21H25O2. The summed E-state index contributed by atoms with van der Waals surface area (Å²) < 4.78 is 5.69. The quantitative estimate of drug-likeness (QED) is 0.889. The molecule has 2 nitrogen and oxygen atoms in total. The van der Waals surface area contributed by atoms with Gasteiger partial charge in [0.05, 0.1) is 12.7 Å². The highest BCUT2D eigenvalue weighted by molar-refractivity contribution is 5.77. The average molecular weight is 309 g/mol. The van der Waals surface area contributed by atoms with E-state index in [1.165, 1.54) is 24.0 Å². The van der Waals surface area contributed by atoms with Crippen molar-refractivity contribution >= 4 is 5.57 Å². The molecule has 0 aliphatic heterocycles. The predicted molar refractivity (Wildman–Crippen MR) is 90.2 cm³/mol. The number of aryl methyl sites for hydroxylation is 1. The van der Waals surface area contributed by atoms with Crippen LogP contribution in [-0.2, 0) is 6.42 Å². The molecule has 1 N–H and O–H groups in total. The van der Waals surface area contributed by atoms with Gasteiger partial charge in [0.2, 0.25) is 0 Å². The number of hydrogen-bond acceptors (Lipinski definition) is 2. The monoisotopic (exact) mass is 309 g/mol. The molecule has 121 valence electrons. The summed E-state index contributed by atoms with van der Waals surface area (Å²) in [6.07, 6.45) is 6.78. The Bertz CT molecular complexity index is 719. The fraction of sp³-hybridized carbons (Fsp3) is 0.619. The predicted octanol–water partition coefficient (Wildman–Crippen LogP) is 4.16. The topological polar surface area (TPSA) is 29.5 Å². The van der Waals surface area contributed by atoms with E-state index in [0.29, 0.717) is 12.0 Å². The largest absolute Gasteiger partial charge is 0.493 e. The van der Waals surface area contributed by atoms with Crippen LogP contribution in [0, 0.1) is 22.8 Å². The van der Waals surface area contributed by atoms with E-state index in [1.807, 2.05) is 6.92 Å². The van der Waals surface area contributed by atoms with Crippen LogP contribution < -0.4 is 4.74 Å². The van der Waals surface area contributed by atoms with Crippen LogP contribution in [-0.4, -0.2) is 17.8 Å². The van der Waals surface area contributed by atoms with E-state index in [9.17, 15) is 5.11 Å². The third-order valence-corrected chi connectivity index (χ3v) is 7.44. The van der Waals surface area contributed by atoms with Crippen LogP contribution in [0.25, 0.3) is 5.57 Å². The molecule has 1 aromatic carbocycles. The van der Waals surface area contributed by atoms with Crippen LogP contribution in [0.2, 0.25) is 0 Å². The SMILES string of the molecule is CCOc1[c]cc2c(c1)C1=C(CC2)[C@]23C[C@H]2C[C@@H](O)[C@@]3(C)CC1. The maximum absolute atomic E-state index is 10.6. The van der Waals surface area contributed by atoms with Crippen molar-refractivity contribution in [3.8, 4) is 5.75 Å². The zero-order chi connectivity index (χ0) is 15.8. The number of rotatable bonds is 2. The lowest BCUT2D eigenvalue weighted by atomic mass is 9.59. The summed E-state index contributed by atoms with van der Waals surface area (Å²) in [6.45, 7) is 5.07. The fourth-order valence-electron chi connectivity index (χ4n) is 6.21. The highest BCUT2D eigenvalue weighted by atomic mass is 16.5. The smallest absolute Gasteiger partial charge is 0.127 e. The van der Waals surface area contributed by atoms with Gasteiger partial charge in [0.1, 0.15) is 5.75 Å². The molecule has 0 amide bonds. The molecule has 0 unspecified atom stereocenters. The minimum atomic E-state index is -0.0974. The first-order valence-corrected chi connectivity index (χ1v) is 9.18. The Morgan fingerprint density at radius 2 is 2.22 bits per heavy atom. The Morgan fingerprint density at radius 3 is 3.04 bits per heavy atom. The van der Waals surface area contributed by atoms with E-state index in [1.54, 1.807) is 11.1 Å². The van der Waals surface area contributed by atoms with E-state index < -0.39 is 0 Å². The zero-order valence-corrected chi connectivity index (χ0v) is 14.1. The molecule has 1 radical (unpaired) electrons. The summed E-state index contributed by atoms with van der Waals surface area (Å²) in [6, 6.07) is 7.65. The normalized spacial score (nSPS) is 40.1. The molecule has 4 aliphatic carbocycles. The fourth-order valence-corrected chi connectivity index (χ4v) is 6.21. The highest BCUT2D eigenvalue weighted by Gasteiger charge is 2.74. The third kappa shape index (κ3) is 1.58. The molecule has 2 fully saturated rings. The molecule has 4 aliphatic rings. The van der Waals surface area contributed by atoms with Gasteiger partial charge in [0.15, 0.2) is 0 Å². The average Bonchev–Trinajstić information content (AvgIpc) is 3.21. The van der Waals surface area contributed by atoms with Crippen molar-refractivity contribution < 1.29 is 9.84 Å². The van der Waals surface area contributed by atoms with Crippen molar-refractivity contribution in [1.82, 2.24) is 0 Å².